The maximum Gasteiger partial charge on any atom is 0.243 e. The minimum absolute atomic E-state index is 0.130. The molecule has 0 aromatic heterocycles. The van der Waals surface area contributed by atoms with Crippen LogP contribution in [-0.2, 0) is 16.1 Å². The van der Waals surface area contributed by atoms with Gasteiger partial charge in [-0.05, 0) is 61.2 Å². The van der Waals surface area contributed by atoms with E-state index in [1.54, 1.807) is 0 Å². The van der Waals surface area contributed by atoms with Gasteiger partial charge in [-0.25, -0.2) is 0 Å². The van der Waals surface area contributed by atoms with Crippen molar-refractivity contribution in [2.24, 2.45) is 5.73 Å². The number of hydrogen-bond acceptors (Lipinski definition) is 4. The quantitative estimate of drug-likeness (QED) is 0.733. The molecule has 27 heavy (non-hydrogen) atoms. The minimum Gasteiger partial charge on any atom is -0.376 e. The molecule has 6 nitrogen and oxygen atoms in total. The highest BCUT2D eigenvalue weighted by molar-refractivity contribution is 5.96. The van der Waals surface area contributed by atoms with Crippen molar-refractivity contribution in [1.29, 1.82) is 0 Å². The van der Waals surface area contributed by atoms with Gasteiger partial charge < -0.3 is 21.3 Å². The van der Waals surface area contributed by atoms with Gasteiger partial charge in [-0.15, -0.1) is 0 Å². The second-order valence-corrected chi connectivity index (χ2v) is 6.81. The highest BCUT2D eigenvalue weighted by Crippen LogP contribution is 2.27. The van der Waals surface area contributed by atoms with E-state index in [1.165, 1.54) is 0 Å². The van der Waals surface area contributed by atoms with E-state index in [1.807, 2.05) is 54.3 Å². The number of rotatable bonds is 6. The van der Waals surface area contributed by atoms with Gasteiger partial charge in [0.2, 0.25) is 11.8 Å². The van der Waals surface area contributed by atoms with Crippen molar-refractivity contribution in [3.05, 3.63) is 53.6 Å². The van der Waals surface area contributed by atoms with E-state index in [4.69, 9.17) is 5.73 Å². The van der Waals surface area contributed by atoms with Crippen LogP contribution in [0.4, 0.5) is 17.1 Å². The largest absolute Gasteiger partial charge is 0.376 e. The van der Waals surface area contributed by atoms with E-state index in [2.05, 4.69) is 10.6 Å². The third kappa shape index (κ3) is 4.86. The van der Waals surface area contributed by atoms with E-state index in [0.29, 0.717) is 13.0 Å². The molecule has 2 aromatic rings. The molecule has 3 rings (SSSR count). The van der Waals surface area contributed by atoms with E-state index < -0.39 is 0 Å². The summed E-state index contributed by atoms with van der Waals surface area (Å²) < 4.78 is 0. The summed E-state index contributed by atoms with van der Waals surface area (Å²) in [6, 6.07) is 13.4. The van der Waals surface area contributed by atoms with Crippen LogP contribution in [0.5, 0.6) is 0 Å². The number of nitrogens with zero attached hydrogens (tertiary/aromatic N) is 1. The van der Waals surface area contributed by atoms with Crippen LogP contribution in [0, 0.1) is 6.92 Å². The average Bonchev–Trinajstić information content (AvgIpc) is 2.67. The van der Waals surface area contributed by atoms with Crippen LogP contribution in [0.2, 0.25) is 0 Å². The minimum atomic E-state index is -0.130. The molecule has 0 unspecified atom stereocenters. The topological polar surface area (TPSA) is 87.5 Å². The molecule has 1 saturated heterocycles. The Balaban J connectivity index is 1.59. The number of nitrogens with one attached hydrogen (secondary N) is 2. The Morgan fingerprint density at radius 1 is 1.15 bits per heavy atom. The van der Waals surface area contributed by atoms with Gasteiger partial charge in [0.1, 0.15) is 0 Å². The first kappa shape index (κ1) is 18.9. The van der Waals surface area contributed by atoms with Gasteiger partial charge in [-0.1, -0.05) is 12.1 Å². The lowest BCUT2D eigenvalue weighted by Gasteiger charge is -2.28. The number of carbonyl (C=O) groups is 2. The van der Waals surface area contributed by atoms with Crippen LogP contribution < -0.4 is 21.3 Å². The third-order valence-corrected chi connectivity index (χ3v) is 4.71. The Hall–Kier alpha value is -2.86. The Morgan fingerprint density at radius 3 is 2.74 bits per heavy atom. The lowest BCUT2D eigenvalue weighted by Crippen LogP contribution is -2.35. The monoisotopic (exact) mass is 366 g/mol. The SMILES string of the molecule is Cc1cc(NC(=O)CNc2cccc(CN)c2)ccc1N1CCCCC1=O. The summed E-state index contributed by atoms with van der Waals surface area (Å²) >= 11 is 0. The zero-order valence-corrected chi connectivity index (χ0v) is 15.6. The number of aryl methyl sites for hydroxylation is 1. The van der Waals surface area contributed by atoms with Gasteiger partial charge >= 0.3 is 0 Å². The number of piperidine rings is 1. The predicted octanol–water partition coefficient (Wildman–Crippen LogP) is 3.02. The molecule has 0 saturated carbocycles. The number of nitrogens with two attached hydrogens (primary N) is 1. The molecule has 2 amide bonds. The molecule has 0 radical (unpaired) electrons. The fourth-order valence-electron chi connectivity index (χ4n) is 3.29. The number of carbonyl (C=O) groups excluding carboxylic acids is 2. The average molecular weight is 366 g/mol. The van der Waals surface area contributed by atoms with E-state index in [-0.39, 0.29) is 18.4 Å². The highest BCUT2D eigenvalue weighted by Gasteiger charge is 2.21. The summed E-state index contributed by atoms with van der Waals surface area (Å²) in [6.45, 7) is 3.35. The highest BCUT2D eigenvalue weighted by atomic mass is 16.2. The van der Waals surface area contributed by atoms with Gasteiger partial charge in [-0.3, -0.25) is 9.59 Å². The van der Waals surface area contributed by atoms with Crippen molar-refractivity contribution in [3.63, 3.8) is 0 Å². The van der Waals surface area contributed by atoms with E-state index in [0.717, 1.165) is 47.6 Å². The Kier molecular flexibility index (Phi) is 6.08. The standard InChI is InChI=1S/C21H26N4O2/c1-15-11-18(8-9-19(15)25-10-3-2-7-21(25)27)24-20(26)14-23-17-6-4-5-16(12-17)13-22/h4-6,8-9,11-12,23H,2-3,7,10,13-14,22H2,1H3,(H,24,26). The Labute approximate surface area is 159 Å². The smallest absolute Gasteiger partial charge is 0.243 e. The molecule has 142 valence electrons. The maximum atomic E-state index is 12.2. The van der Waals surface area contributed by atoms with Crippen molar-refractivity contribution in [2.75, 3.05) is 28.6 Å². The summed E-state index contributed by atoms with van der Waals surface area (Å²) in [5.74, 6) is 0.0411. The predicted molar refractivity (Wildman–Crippen MR) is 109 cm³/mol. The van der Waals surface area contributed by atoms with Gasteiger partial charge in [0.25, 0.3) is 0 Å². The summed E-state index contributed by atoms with van der Waals surface area (Å²) in [6.07, 6.45) is 2.60. The fraction of sp³-hybridized carbons (Fsp3) is 0.333. The third-order valence-electron chi connectivity index (χ3n) is 4.71. The fourth-order valence-corrected chi connectivity index (χ4v) is 3.29. The normalized spacial score (nSPS) is 14.1. The molecule has 6 heteroatoms. The number of benzene rings is 2. The van der Waals surface area contributed by atoms with Crippen molar-refractivity contribution < 1.29 is 9.59 Å². The molecule has 1 aliphatic rings. The first-order valence-corrected chi connectivity index (χ1v) is 9.30. The van der Waals surface area contributed by atoms with Gasteiger partial charge in [0.05, 0.1) is 6.54 Å². The molecule has 0 spiro atoms. The summed E-state index contributed by atoms with van der Waals surface area (Å²) in [5.41, 5.74) is 10.1. The van der Waals surface area contributed by atoms with Crippen LogP contribution in [0.3, 0.4) is 0 Å². The molecule has 1 aliphatic heterocycles. The van der Waals surface area contributed by atoms with Crippen LogP contribution in [0.1, 0.15) is 30.4 Å². The molecule has 4 N–H and O–H groups in total. The summed E-state index contributed by atoms with van der Waals surface area (Å²) in [7, 11) is 0. The number of anilines is 3. The van der Waals surface area contributed by atoms with Crippen LogP contribution in [0.25, 0.3) is 0 Å². The van der Waals surface area contributed by atoms with Crippen LogP contribution >= 0.6 is 0 Å². The van der Waals surface area contributed by atoms with Gasteiger partial charge in [0, 0.05) is 36.6 Å². The lowest BCUT2D eigenvalue weighted by atomic mass is 10.1. The summed E-state index contributed by atoms with van der Waals surface area (Å²) in [5, 5.41) is 6.00. The Bertz CT molecular complexity index is 835. The Morgan fingerprint density at radius 2 is 2.00 bits per heavy atom. The number of hydrogen-bond donors (Lipinski definition) is 3. The lowest BCUT2D eigenvalue weighted by molar-refractivity contribution is -0.119. The summed E-state index contributed by atoms with van der Waals surface area (Å²) in [4.78, 5) is 26.2. The molecule has 1 fully saturated rings. The van der Waals surface area contributed by atoms with Crippen molar-refractivity contribution in [1.82, 2.24) is 0 Å². The zero-order chi connectivity index (χ0) is 19.2. The van der Waals surface area contributed by atoms with E-state index >= 15 is 0 Å². The van der Waals surface area contributed by atoms with E-state index in [9.17, 15) is 9.59 Å². The molecular formula is C21H26N4O2. The molecule has 2 aromatic carbocycles. The second-order valence-electron chi connectivity index (χ2n) is 6.81. The maximum absolute atomic E-state index is 12.2. The van der Waals surface area contributed by atoms with Gasteiger partial charge in [0.15, 0.2) is 0 Å². The molecular weight excluding hydrogens is 340 g/mol. The van der Waals surface area contributed by atoms with Crippen LogP contribution in [-0.4, -0.2) is 24.9 Å². The molecule has 0 atom stereocenters. The first-order valence-electron chi connectivity index (χ1n) is 9.30. The molecule has 1 heterocycles. The zero-order valence-electron chi connectivity index (χ0n) is 15.6. The first-order chi connectivity index (χ1) is 13.1. The number of amides is 2. The van der Waals surface area contributed by atoms with Crippen molar-refractivity contribution in [3.8, 4) is 0 Å². The molecule has 0 aliphatic carbocycles. The van der Waals surface area contributed by atoms with Crippen molar-refractivity contribution >= 4 is 28.9 Å². The molecule has 0 bridgehead atoms. The van der Waals surface area contributed by atoms with Gasteiger partial charge in [-0.2, -0.15) is 0 Å². The van der Waals surface area contributed by atoms with Crippen molar-refractivity contribution in [2.45, 2.75) is 32.7 Å². The van der Waals surface area contributed by atoms with Crippen LogP contribution in [0.15, 0.2) is 42.5 Å². The second kappa shape index (κ2) is 8.68.